The van der Waals surface area contributed by atoms with Crippen molar-refractivity contribution in [2.24, 2.45) is 5.41 Å². The molecule has 0 radical (unpaired) electrons. The van der Waals surface area contributed by atoms with Gasteiger partial charge in [0.25, 0.3) is 0 Å². The van der Waals surface area contributed by atoms with Gasteiger partial charge in [0.15, 0.2) is 5.78 Å². The Kier molecular flexibility index (Phi) is 7.86. The summed E-state index contributed by atoms with van der Waals surface area (Å²) in [7, 11) is 0. The van der Waals surface area contributed by atoms with Crippen LogP contribution in [0, 0.1) is 5.41 Å². The molecule has 0 N–H and O–H groups in total. The van der Waals surface area contributed by atoms with Crippen LogP contribution < -0.4 is 0 Å². The van der Waals surface area contributed by atoms with E-state index in [1.807, 2.05) is 62.3 Å². The Balaban J connectivity index is 1.12. The molecule has 3 fully saturated rings. The number of ether oxygens (including phenoxy) is 1. The molecule has 1 amide bonds. The number of benzene rings is 4. The molecule has 1 saturated carbocycles. The van der Waals surface area contributed by atoms with E-state index in [9.17, 15) is 9.59 Å². The molecular formula is C44H43N3O3. The van der Waals surface area contributed by atoms with Gasteiger partial charge in [-0.2, -0.15) is 0 Å². The SMILES string of the molecule is CC(C)(C)OC(=O)N1C2CCC1CC1(C/C(=C\c3ccccc3-c3cn(C(c4ccccc4)(c4ccccc4)c4ccccc4)cn3)C1=O)C2. The molecule has 5 aromatic rings. The Morgan fingerprint density at radius 1 is 0.780 bits per heavy atom. The Morgan fingerprint density at radius 3 is 1.82 bits per heavy atom. The first-order valence-electron chi connectivity index (χ1n) is 17.8. The highest BCUT2D eigenvalue weighted by Gasteiger charge is 2.59. The van der Waals surface area contributed by atoms with Gasteiger partial charge in [-0.3, -0.25) is 4.79 Å². The van der Waals surface area contributed by atoms with Crippen LogP contribution in [0.4, 0.5) is 4.79 Å². The molecule has 6 nitrogen and oxygen atoms in total. The molecule has 1 aromatic heterocycles. The minimum atomic E-state index is -0.660. The highest BCUT2D eigenvalue weighted by atomic mass is 16.6. The van der Waals surface area contributed by atoms with E-state index in [0.717, 1.165) is 58.3 Å². The summed E-state index contributed by atoms with van der Waals surface area (Å²) in [5, 5.41) is 0. The molecule has 2 saturated heterocycles. The number of Topliss-reactive ketones (excluding diaryl/α,β-unsaturated/α-hetero) is 1. The van der Waals surface area contributed by atoms with Gasteiger partial charge < -0.3 is 14.2 Å². The maximum atomic E-state index is 14.0. The zero-order valence-electron chi connectivity index (χ0n) is 29.0. The molecule has 2 bridgehead atoms. The van der Waals surface area contributed by atoms with Gasteiger partial charge in [-0.15, -0.1) is 0 Å². The van der Waals surface area contributed by atoms with Crippen molar-refractivity contribution in [1.29, 1.82) is 0 Å². The number of ketones is 1. The fourth-order valence-corrected chi connectivity index (χ4v) is 8.84. The summed E-state index contributed by atoms with van der Waals surface area (Å²) in [6.45, 7) is 5.71. The third-order valence-corrected chi connectivity index (χ3v) is 10.9. The van der Waals surface area contributed by atoms with Crippen LogP contribution in [0.25, 0.3) is 17.3 Å². The lowest BCUT2D eigenvalue weighted by Crippen LogP contribution is -2.57. The topological polar surface area (TPSA) is 64.4 Å². The normalized spacial score (nSPS) is 22.5. The summed E-state index contributed by atoms with van der Waals surface area (Å²) in [5.41, 5.74) is 5.48. The second-order valence-electron chi connectivity index (χ2n) is 15.2. The average Bonchev–Trinajstić information content (AvgIpc) is 3.72. The number of carbonyl (C=O) groups excluding carboxylic acids is 2. The quantitative estimate of drug-likeness (QED) is 0.134. The first kappa shape index (κ1) is 32.0. The van der Waals surface area contributed by atoms with E-state index >= 15 is 0 Å². The van der Waals surface area contributed by atoms with Crippen LogP contribution in [0.3, 0.4) is 0 Å². The number of nitrogens with zero attached hydrogens (tertiary/aromatic N) is 3. The second-order valence-corrected chi connectivity index (χ2v) is 15.2. The molecular weight excluding hydrogens is 619 g/mol. The van der Waals surface area contributed by atoms with Gasteiger partial charge in [-0.25, -0.2) is 9.78 Å². The minimum Gasteiger partial charge on any atom is -0.444 e. The number of piperidine rings is 1. The molecule has 2 unspecified atom stereocenters. The third kappa shape index (κ3) is 5.38. The predicted octanol–water partition coefficient (Wildman–Crippen LogP) is 9.29. The van der Waals surface area contributed by atoms with Gasteiger partial charge in [-0.1, -0.05) is 115 Å². The maximum Gasteiger partial charge on any atom is 0.410 e. The van der Waals surface area contributed by atoms with Crippen molar-refractivity contribution in [3.63, 3.8) is 0 Å². The number of hydrogen-bond donors (Lipinski definition) is 0. The molecule has 50 heavy (non-hydrogen) atoms. The number of carbonyl (C=O) groups is 2. The van der Waals surface area contributed by atoms with Crippen LogP contribution in [-0.4, -0.2) is 44.0 Å². The molecule has 6 heteroatoms. The van der Waals surface area contributed by atoms with Gasteiger partial charge in [0, 0.05) is 29.3 Å². The Hall–Kier alpha value is -5.23. The van der Waals surface area contributed by atoms with Crippen LogP contribution in [0.5, 0.6) is 0 Å². The van der Waals surface area contributed by atoms with Crippen LogP contribution >= 0.6 is 0 Å². The number of rotatable bonds is 6. The summed E-state index contributed by atoms with van der Waals surface area (Å²) >= 11 is 0. The van der Waals surface area contributed by atoms with Crippen molar-refractivity contribution in [2.45, 2.75) is 76.1 Å². The summed E-state index contributed by atoms with van der Waals surface area (Å²) in [4.78, 5) is 34.0. The fourth-order valence-electron chi connectivity index (χ4n) is 8.84. The Bertz CT molecular complexity index is 1950. The fraction of sp³-hybridized carbons (Fsp3) is 0.295. The van der Waals surface area contributed by atoms with E-state index in [-0.39, 0.29) is 29.4 Å². The number of fused-ring (bicyclic) bond motifs is 2. The van der Waals surface area contributed by atoms with Gasteiger partial charge in [0.05, 0.1) is 12.0 Å². The standard InChI is InChI=1S/C44H43N3O3/c1-42(2,3)50-41(49)47-36-23-24-37(47)28-43(27-36)26-32(40(43)48)25-31-15-13-14-22-38(31)39-29-46(30-45-39)44(33-16-7-4-8-17-33,34-18-9-5-10-19-34)35-20-11-6-12-21-35/h4-22,25,29-30,36-37H,23-24,26-28H2,1-3H3/b32-25+. The van der Waals surface area contributed by atoms with E-state index in [1.165, 1.54) is 0 Å². The summed E-state index contributed by atoms with van der Waals surface area (Å²) in [5.74, 6) is 0.231. The van der Waals surface area contributed by atoms with Crippen molar-refractivity contribution in [1.82, 2.24) is 14.5 Å². The van der Waals surface area contributed by atoms with Crippen molar-refractivity contribution in [3.05, 3.63) is 156 Å². The van der Waals surface area contributed by atoms with Crippen LogP contribution in [0.15, 0.2) is 133 Å². The summed E-state index contributed by atoms with van der Waals surface area (Å²) in [6.07, 6.45) is 9.93. The Morgan fingerprint density at radius 2 is 1.30 bits per heavy atom. The minimum absolute atomic E-state index is 0.0597. The van der Waals surface area contributed by atoms with Crippen molar-refractivity contribution in [2.75, 3.05) is 0 Å². The lowest BCUT2D eigenvalue weighted by molar-refractivity contribution is -0.136. The van der Waals surface area contributed by atoms with Crippen LogP contribution in [0.2, 0.25) is 0 Å². The van der Waals surface area contributed by atoms with Gasteiger partial charge >= 0.3 is 6.09 Å². The number of hydrogen-bond acceptors (Lipinski definition) is 4. The van der Waals surface area contributed by atoms with E-state index in [4.69, 9.17) is 9.72 Å². The molecule has 2 atom stereocenters. The lowest BCUT2D eigenvalue weighted by atomic mass is 9.57. The molecule has 252 valence electrons. The predicted molar refractivity (Wildman–Crippen MR) is 196 cm³/mol. The zero-order valence-corrected chi connectivity index (χ0v) is 29.0. The van der Waals surface area contributed by atoms with Gasteiger partial charge in [-0.05, 0) is 86.8 Å². The first-order valence-corrected chi connectivity index (χ1v) is 17.8. The van der Waals surface area contributed by atoms with E-state index in [2.05, 4.69) is 102 Å². The first-order chi connectivity index (χ1) is 24.2. The van der Waals surface area contributed by atoms with Crippen molar-refractivity contribution < 1.29 is 14.3 Å². The third-order valence-electron chi connectivity index (χ3n) is 10.9. The van der Waals surface area contributed by atoms with Gasteiger partial charge in [0.1, 0.15) is 11.1 Å². The molecule has 3 aliphatic rings. The van der Waals surface area contributed by atoms with Crippen LogP contribution in [-0.2, 0) is 15.1 Å². The number of aromatic nitrogens is 2. The van der Waals surface area contributed by atoms with E-state index in [0.29, 0.717) is 12.8 Å². The highest BCUT2D eigenvalue weighted by molar-refractivity contribution is 6.10. The van der Waals surface area contributed by atoms with Gasteiger partial charge in [0.2, 0.25) is 0 Å². The Labute approximate surface area is 294 Å². The molecule has 1 spiro atoms. The smallest absolute Gasteiger partial charge is 0.410 e. The van der Waals surface area contributed by atoms with Crippen molar-refractivity contribution in [3.8, 4) is 11.3 Å². The van der Waals surface area contributed by atoms with E-state index < -0.39 is 11.1 Å². The molecule has 8 rings (SSSR count). The highest BCUT2D eigenvalue weighted by Crippen LogP contribution is 2.56. The second kappa shape index (κ2) is 12.3. The number of amides is 1. The molecule has 1 aliphatic carbocycles. The monoisotopic (exact) mass is 661 g/mol. The van der Waals surface area contributed by atoms with Crippen molar-refractivity contribution >= 4 is 18.0 Å². The summed E-state index contributed by atoms with van der Waals surface area (Å²) in [6, 6.07) is 40.1. The lowest BCUT2D eigenvalue weighted by Gasteiger charge is -2.51. The average molecular weight is 662 g/mol. The van der Waals surface area contributed by atoms with Crippen LogP contribution in [0.1, 0.15) is 75.1 Å². The largest absolute Gasteiger partial charge is 0.444 e. The molecule has 2 aliphatic heterocycles. The molecule has 4 aromatic carbocycles. The number of imidazole rings is 1. The number of allylic oxidation sites excluding steroid dienone is 1. The molecule has 3 heterocycles. The zero-order chi connectivity index (χ0) is 34.5. The summed E-state index contributed by atoms with van der Waals surface area (Å²) < 4.78 is 7.97. The maximum absolute atomic E-state index is 14.0. The van der Waals surface area contributed by atoms with E-state index in [1.54, 1.807) is 0 Å².